The van der Waals surface area contributed by atoms with Crippen LogP contribution in [0.1, 0.15) is 5.56 Å². The van der Waals surface area contributed by atoms with E-state index in [4.69, 9.17) is 9.47 Å². The van der Waals surface area contributed by atoms with Crippen LogP contribution in [0.2, 0.25) is 0 Å². The molecule has 26 heavy (non-hydrogen) atoms. The van der Waals surface area contributed by atoms with Crippen molar-refractivity contribution in [2.75, 3.05) is 31.8 Å². The van der Waals surface area contributed by atoms with Crippen LogP contribution in [-0.4, -0.2) is 41.2 Å². The second-order valence-electron chi connectivity index (χ2n) is 5.73. The molecule has 0 bridgehead atoms. The molecule has 7 nitrogen and oxygen atoms in total. The Morgan fingerprint density at radius 2 is 1.88 bits per heavy atom. The van der Waals surface area contributed by atoms with Gasteiger partial charge in [0, 0.05) is 24.3 Å². The Kier molecular flexibility index (Phi) is 5.55. The molecule has 0 radical (unpaired) electrons. The molecule has 2 aromatic rings. The summed E-state index contributed by atoms with van der Waals surface area (Å²) in [5.41, 5.74) is 1.40. The molecule has 2 aromatic carbocycles. The Morgan fingerprint density at radius 1 is 1.15 bits per heavy atom. The molecule has 0 spiro atoms. The molecule has 3 rings (SSSR count). The van der Waals surface area contributed by atoms with Gasteiger partial charge in [0.15, 0.2) is 0 Å². The number of sulfonamides is 1. The molecule has 8 heteroatoms. The maximum absolute atomic E-state index is 12.5. The van der Waals surface area contributed by atoms with Gasteiger partial charge < -0.3 is 14.4 Å². The first kappa shape index (κ1) is 18.4. The second-order valence-corrected chi connectivity index (χ2v) is 7.50. The third-order valence-corrected chi connectivity index (χ3v) is 5.51. The van der Waals surface area contributed by atoms with Crippen molar-refractivity contribution in [2.24, 2.45) is 0 Å². The molecule has 138 valence electrons. The van der Waals surface area contributed by atoms with Crippen LogP contribution in [0.3, 0.4) is 0 Å². The highest BCUT2D eigenvalue weighted by Crippen LogP contribution is 2.21. The molecule has 0 atom stereocenters. The highest BCUT2D eigenvalue weighted by atomic mass is 32.2. The highest BCUT2D eigenvalue weighted by molar-refractivity contribution is 7.89. The van der Waals surface area contributed by atoms with Crippen LogP contribution in [0.25, 0.3) is 0 Å². The number of carbonyl (C=O) groups excluding carboxylic acids is 1. The van der Waals surface area contributed by atoms with Crippen LogP contribution in [0.15, 0.2) is 53.4 Å². The fourth-order valence-corrected chi connectivity index (χ4v) is 3.71. The Balaban J connectivity index is 1.72. The van der Waals surface area contributed by atoms with Crippen molar-refractivity contribution in [3.05, 3.63) is 54.1 Å². The second kappa shape index (κ2) is 7.86. The van der Waals surface area contributed by atoms with Crippen LogP contribution in [0.4, 0.5) is 5.69 Å². The molecular weight excluding hydrogens is 356 g/mol. The van der Waals surface area contributed by atoms with Crippen molar-refractivity contribution >= 4 is 21.6 Å². The summed E-state index contributed by atoms with van der Waals surface area (Å²) in [4.78, 5) is 13.6. The normalized spacial score (nSPS) is 15.1. The number of hydrogen-bond donors (Lipinski definition) is 1. The average molecular weight is 376 g/mol. The Morgan fingerprint density at radius 3 is 2.58 bits per heavy atom. The van der Waals surface area contributed by atoms with E-state index >= 15 is 0 Å². The number of nitrogens with zero attached hydrogens (tertiary/aromatic N) is 1. The molecule has 1 aliphatic rings. The molecular formula is C18H20N2O5S. The summed E-state index contributed by atoms with van der Waals surface area (Å²) in [6.07, 6.45) is 0. The number of rotatable bonds is 6. The van der Waals surface area contributed by atoms with Crippen molar-refractivity contribution in [3.63, 3.8) is 0 Å². The first-order valence-electron chi connectivity index (χ1n) is 8.11. The fraction of sp³-hybridized carbons (Fsp3) is 0.278. The SMILES string of the molecule is COc1ccccc1CNS(=O)(=O)c1ccc(N2CCOCC2=O)cc1. The predicted octanol–water partition coefficient (Wildman–Crippen LogP) is 1.54. The number of carbonyl (C=O) groups is 1. The molecule has 0 aromatic heterocycles. The van der Waals surface area contributed by atoms with E-state index in [9.17, 15) is 13.2 Å². The molecule has 1 heterocycles. The van der Waals surface area contributed by atoms with Crippen molar-refractivity contribution in [1.82, 2.24) is 4.72 Å². The lowest BCUT2D eigenvalue weighted by Gasteiger charge is -2.26. The third kappa shape index (κ3) is 4.04. The number of amides is 1. The topological polar surface area (TPSA) is 84.9 Å². The van der Waals surface area contributed by atoms with Gasteiger partial charge >= 0.3 is 0 Å². The van der Waals surface area contributed by atoms with Crippen molar-refractivity contribution in [2.45, 2.75) is 11.4 Å². The van der Waals surface area contributed by atoms with E-state index in [0.29, 0.717) is 24.6 Å². The summed E-state index contributed by atoms with van der Waals surface area (Å²) in [6, 6.07) is 13.4. The summed E-state index contributed by atoms with van der Waals surface area (Å²) in [6.45, 7) is 1.08. The van der Waals surface area contributed by atoms with Gasteiger partial charge in [0.1, 0.15) is 12.4 Å². The van der Waals surface area contributed by atoms with Gasteiger partial charge in [0.25, 0.3) is 5.91 Å². The Labute approximate surface area is 152 Å². The van der Waals surface area contributed by atoms with E-state index in [0.717, 1.165) is 5.56 Å². The van der Waals surface area contributed by atoms with Gasteiger partial charge in [-0.1, -0.05) is 18.2 Å². The minimum atomic E-state index is -3.68. The zero-order chi connectivity index (χ0) is 18.6. The third-order valence-electron chi connectivity index (χ3n) is 4.09. The van der Waals surface area contributed by atoms with E-state index in [2.05, 4.69) is 4.72 Å². The van der Waals surface area contributed by atoms with Gasteiger partial charge in [-0.2, -0.15) is 0 Å². The quantitative estimate of drug-likeness (QED) is 0.827. The molecule has 0 saturated carbocycles. The van der Waals surface area contributed by atoms with Gasteiger partial charge in [-0.25, -0.2) is 13.1 Å². The summed E-state index contributed by atoms with van der Waals surface area (Å²) in [7, 11) is -2.14. The first-order chi connectivity index (χ1) is 12.5. The zero-order valence-corrected chi connectivity index (χ0v) is 15.2. The number of hydrogen-bond acceptors (Lipinski definition) is 5. The van der Waals surface area contributed by atoms with E-state index in [1.165, 1.54) is 12.1 Å². The van der Waals surface area contributed by atoms with Crippen molar-refractivity contribution in [1.29, 1.82) is 0 Å². The van der Waals surface area contributed by atoms with Gasteiger partial charge in [-0.05, 0) is 30.3 Å². The molecule has 0 unspecified atom stereocenters. The van der Waals surface area contributed by atoms with Gasteiger partial charge in [-0.3, -0.25) is 4.79 Å². The Bertz CT molecular complexity index is 881. The van der Waals surface area contributed by atoms with Gasteiger partial charge in [0.05, 0.1) is 18.6 Å². The molecule has 0 aliphatic carbocycles. The zero-order valence-electron chi connectivity index (χ0n) is 14.3. The number of para-hydroxylation sites is 1. The van der Waals surface area contributed by atoms with Crippen LogP contribution in [0, 0.1) is 0 Å². The number of morpholine rings is 1. The van der Waals surface area contributed by atoms with Crippen LogP contribution in [-0.2, 0) is 26.1 Å². The molecule has 1 aliphatic heterocycles. The predicted molar refractivity (Wildman–Crippen MR) is 96.6 cm³/mol. The standard InChI is InChI=1S/C18H20N2O5S/c1-24-17-5-3-2-4-14(17)12-19-26(22,23)16-8-6-15(7-9-16)20-10-11-25-13-18(20)21/h2-9,19H,10-13H2,1H3. The molecule has 1 fully saturated rings. The van der Waals surface area contributed by atoms with Gasteiger partial charge in [0.2, 0.25) is 10.0 Å². The lowest BCUT2D eigenvalue weighted by molar-refractivity contribution is -0.125. The molecule has 1 amide bonds. The number of methoxy groups -OCH3 is 1. The largest absolute Gasteiger partial charge is 0.496 e. The van der Waals surface area contributed by atoms with Gasteiger partial charge in [-0.15, -0.1) is 0 Å². The fourth-order valence-electron chi connectivity index (χ4n) is 2.70. The van der Waals surface area contributed by atoms with E-state index in [1.807, 2.05) is 12.1 Å². The lowest BCUT2D eigenvalue weighted by atomic mass is 10.2. The number of anilines is 1. The molecule has 1 N–H and O–H groups in total. The maximum atomic E-state index is 12.5. The van der Waals surface area contributed by atoms with Crippen LogP contribution >= 0.6 is 0 Å². The number of ether oxygens (including phenoxy) is 2. The average Bonchev–Trinajstić information content (AvgIpc) is 2.67. The summed E-state index contributed by atoms with van der Waals surface area (Å²) < 4.78 is 37.9. The van der Waals surface area contributed by atoms with E-state index < -0.39 is 10.0 Å². The monoisotopic (exact) mass is 376 g/mol. The smallest absolute Gasteiger partial charge is 0.253 e. The first-order valence-corrected chi connectivity index (χ1v) is 9.59. The minimum Gasteiger partial charge on any atom is -0.496 e. The van der Waals surface area contributed by atoms with E-state index in [1.54, 1.807) is 36.3 Å². The maximum Gasteiger partial charge on any atom is 0.253 e. The Hall–Kier alpha value is -2.42. The van der Waals surface area contributed by atoms with Crippen LogP contribution < -0.4 is 14.4 Å². The summed E-state index contributed by atoms with van der Waals surface area (Å²) >= 11 is 0. The lowest BCUT2D eigenvalue weighted by Crippen LogP contribution is -2.41. The van der Waals surface area contributed by atoms with Crippen molar-refractivity contribution < 1.29 is 22.7 Å². The van der Waals surface area contributed by atoms with E-state index in [-0.39, 0.29) is 24.0 Å². The summed E-state index contributed by atoms with van der Waals surface area (Å²) in [5.74, 6) is 0.484. The highest BCUT2D eigenvalue weighted by Gasteiger charge is 2.21. The minimum absolute atomic E-state index is 0.0422. The van der Waals surface area contributed by atoms with Crippen molar-refractivity contribution in [3.8, 4) is 5.75 Å². The van der Waals surface area contributed by atoms with Crippen LogP contribution in [0.5, 0.6) is 5.75 Å². The molecule has 1 saturated heterocycles. The number of nitrogens with one attached hydrogen (secondary N) is 1. The summed E-state index contributed by atoms with van der Waals surface area (Å²) in [5, 5.41) is 0. The number of benzene rings is 2.